The van der Waals surface area contributed by atoms with Crippen LogP contribution >= 0.6 is 35.4 Å². The van der Waals surface area contributed by atoms with Crippen molar-refractivity contribution in [1.82, 2.24) is 9.88 Å². The monoisotopic (exact) mass is 541 g/mol. The number of hydrogen-bond acceptors (Lipinski definition) is 5. The van der Waals surface area contributed by atoms with Crippen LogP contribution in [0.15, 0.2) is 54.1 Å². The van der Waals surface area contributed by atoms with Crippen LogP contribution in [-0.4, -0.2) is 34.1 Å². The summed E-state index contributed by atoms with van der Waals surface area (Å²) >= 11 is 17.7. The lowest BCUT2D eigenvalue weighted by Crippen LogP contribution is -2.54. The molecule has 0 radical (unpaired) electrons. The van der Waals surface area contributed by atoms with Gasteiger partial charge in [-0.25, -0.2) is 4.79 Å². The lowest BCUT2D eigenvalue weighted by atomic mass is 10.1. The molecule has 4 rings (SSSR count). The Morgan fingerprint density at radius 1 is 1.11 bits per heavy atom. The molecule has 0 bridgehead atoms. The van der Waals surface area contributed by atoms with Gasteiger partial charge in [0.2, 0.25) is 0 Å². The average Bonchev–Trinajstić information content (AvgIpc) is 3.12. The molecule has 0 unspecified atom stereocenters. The van der Waals surface area contributed by atoms with Crippen molar-refractivity contribution in [2.45, 2.75) is 20.8 Å². The third kappa shape index (κ3) is 4.67. The Morgan fingerprint density at radius 3 is 2.56 bits per heavy atom. The number of aromatic nitrogens is 1. The Labute approximate surface area is 223 Å². The van der Waals surface area contributed by atoms with E-state index in [0.717, 1.165) is 22.0 Å². The molecule has 2 amide bonds. The first kappa shape index (κ1) is 25.6. The van der Waals surface area contributed by atoms with Crippen LogP contribution in [0, 0.1) is 13.8 Å². The Kier molecular flexibility index (Phi) is 7.31. The molecule has 1 fully saturated rings. The molecular weight excluding hydrogens is 521 g/mol. The summed E-state index contributed by atoms with van der Waals surface area (Å²) in [6, 6.07) is 13.7. The van der Waals surface area contributed by atoms with E-state index in [0.29, 0.717) is 11.1 Å². The molecule has 184 valence electrons. The smallest absolute Gasteiger partial charge is 0.338 e. The maximum atomic E-state index is 13.4. The van der Waals surface area contributed by atoms with Crippen LogP contribution in [0.5, 0.6) is 0 Å². The molecule has 1 aliphatic rings. The fourth-order valence-corrected chi connectivity index (χ4v) is 4.67. The molecule has 1 aliphatic heterocycles. The van der Waals surface area contributed by atoms with Crippen molar-refractivity contribution in [3.8, 4) is 5.69 Å². The number of nitrogens with one attached hydrogen (secondary N) is 1. The second-order valence-corrected chi connectivity index (χ2v) is 9.14. The number of aryl methyl sites for hydroxylation is 1. The van der Waals surface area contributed by atoms with Crippen molar-refractivity contribution >= 4 is 70.1 Å². The molecule has 0 atom stereocenters. The summed E-state index contributed by atoms with van der Waals surface area (Å²) < 4.78 is 7.03. The van der Waals surface area contributed by atoms with E-state index in [9.17, 15) is 14.4 Å². The van der Waals surface area contributed by atoms with Gasteiger partial charge in [-0.2, -0.15) is 0 Å². The second kappa shape index (κ2) is 10.3. The Bertz CT molecular complexity index is 1460. The molecule has 0 spiro atoms. The predicted molar refractivity (Wildman–Crippen MR) is 144 cm³/mol. The molecule has 10 heteroatoms. The minimum atomic E-state index is -0.623. The third-order valence-corrected chi connectivity index (χ3v) is 6.75. The fraction of sp³-hybridized carbons (Fsp3) is 0.154. The van der Waals surface area contributed by atoms with Crippen molar-refractivity contribution in [3.05, 3.63) is 86.7 Å². The number of benzene rings is 2. The van der Waals surface area contributed by atoms with E-state index < -0.39 is 17.8 Å². The number of amides is 2. The number of ether oxygens (including phenoxy) is 1. The summed E-state index contributed by atoms with van der Waals surface area (Å²) in [6.07, 6.45) is 1.51. The molecule has 0 saturated carbocycles. The Balaban J connectivity index is 1.75. The second-order valence-electron chi connectivity index (χ2n) is 7.96. The number of nitrogens with zero attached hydrogens (tertiary/aromatic N) is 2. The standard InChI is InChI=1S/C26H21Cl2N3O4S/c1-4-35-25(34)16-7-5-8-18(12-16)30-14(2)11-17(15(30)3)13-19-23(32)29-26(36)31(24(19)33)21-10-6-9-20(27)22(21)28/h5-13H,4H2,1-3H3,(H,29,32,36)/b19-13+. The molecule has 7 nitrogen and oxygen atoms in total. The molecule has 1 saturated heterocycles. The lowest BCUT2D eigenvalue weighted by Gasteiger charge is -2.29. The van der Waals surface area contributed by atoms with Crippen LogP contribution in [-0.2, 0) is 14.3 Å². The molecule has 2 aromatic carbocycles. The highest BCUT2D eigenvalue weighted by atomic mass is 35.5. The van der Waals surface area contributed by atoms with Gasteiger partial charge in [0.05, 0.1) is 27.9 Å². The number of esters is 1. The number of thiocarbonyl (C=S) groups is 1. The van der Waals surface area contributed by atoms with Crippen LogP contribution in [0.1, 0.15) is 34.2 Å². The van der Waals surface area contributed by atoms with Gasteiger partial charge in [-0.1, -0.05) is 35.3 Å². The molecule has 1 N–H and O–H groups in total. The predicted octanol–water partition coefficient (Wildman–Crippen LogP) is 5.41. The maximum absolute atomic E-state index is 13.4. The summed E-state index contributed by atoms with van der Waals surface area (Å²) in [5, 5.41) is 2.85. The zero-order valence-electron chi connectivity index (χ0n) is 19.6. The first-order chi connectivity index (χ1) is 17.1. The van der Waals surface area contributed by atoms with Crippen LogP contribution in [0.2, 0.25) is 10.0 Å². The van der Waals surface area contributed by atoms with Crippen LogP contribution in [0.25, 0.3) is 11.8 Å². The zero-order chi connectivity index (χ0) is 26.1. The van der Waals surface area contributed by atoms with E-state index in [2.05, 4.69) is 5.32 Å². The molecule has 1 aromatic heterocycles. The van der Waals surface area contributed by atoms with Gasteiger partial charge in [0, 0.05) is 17.1 Å². The summed E-state index contributed by atoms with van der Waals surface area (Å²) in [5.74, 6) is -1.65. The van der Waals surface area contributed by atoms with Crippen LogP contribution in [0.3, 0.4) is 0 Å². The molecule has 0 aliphatic carbocycles. The van der Waals surface area contributed by atoms with E-state index in [1.807, 2.05) is 30.5 Å². The summed E-state index contributed by atoms with van der Waals surface area (Å²) in [5.41, 5.74) is 3.58. The highest BCUT2D eigenvalue weighted by molar-refractivity contribution is 7.80. The van der Waals surface area contributed by atoms with Crippen molar-refractivity contribution in [1.29, 1.82) is 0 Å². The highest BCUT2D eigenvalue weighted by Crippen LogP contribution is 2.34. The number of hydrogen-bond donors (Lipinski definition) is 1. The van der Waals surface area contributed by atoms with Gasteiger partial charge in [-0.15, -0.1) is 0 Å². The quantitative estimate of drug-likeness (QED) is 0.202. The van der Waals surface area contributed by atoms with Crippen molar-refractivity contribution < 1.29 is 19.1 Å². The maximum Gasteiger partial charge on any atom is 0.338 e. The van der Waals surface area contributed by atoms with Crippen molar-refractivity contribution in [3.63, 3.8) is 0 Å². The molecule has 2 heterocycles. The van der Waals surface area contributed by atoms with E-state index in [1.165, 1.54) is 6.08 Å². The number of anilines is 1. The Hall–Kier alpha value is -3.46. The SMILES string of the molecule is CCOC(=O)c1cccc(-n2c(C)cc(/C=C3\C(=O)NC(=S)N(c4cccc(Cl)c4Cl)C3=O)c2C)c1. The average molecular weight is 542 g/mol. The topological polar surface area (TPSA) is 80.6 Å². The van der Waals surface area contributed by atoms with E-state index in [4.69, 9.17) is 40.2 Å². The largest absolute Gasteiger partial charge is 0.462 e. The van der Waals surface area contributed by atoms with Crippen molar-refractivity contribution in [2.24, 2.45) is 0 Å². The van der Waals surface area contributed by atoms with Gasteiger partial charge in [0.1, 0.15) is 5.57 Å². The van der Waals surface area contributed by atoms with Gasteiger partial charge in [0.15, 0.2) is 5.11 Å². The number of rotatable bonds is 5. The zero-order valence-corrected chi connectivity index (χ0v) is 21.9. The first-order valence-corrected chi connectivity index (χ1v) is 12.1. The van der Waals surface area contributed by atoms with Gasteiger partial charge in [-0.05, 0) is 81.0 Å². The molecule has 36 heavy (non-hydrogen) atoms. The van der Waals surface area contributed by atoms with E-state index >= 15 is 0 Å². The summed E-state index contributed by atoms with van der Waals surface area (Å²) in [4.78, 5) is 39.5. The van der Waals surface area contributed by atoms with Crippen LogP contribution < -0.4 is 10.2 Å². The van der Waals surface area contributed by atoms with Gasteiger partial charge < -0.3 is 9.30 Å². The van der Waals surface area contributed by atoms with E-state index in [1.54, 1.807) is 43.3 Å². The minimum absolute atomic E-state index is 0.0902. The number of carbonyl (C=O) groups is 3. The highest BCUT2D eigenvalue weighted by Gasteiger charge is 2.36. The fourth-order valence-electron chi connectivity index (χ4n) is 4.01. The van der Waals surface area contributed by atoms with Gasteiger partial charge in [0.25, 0.3) is 11.8 Å². The number of carbonyl (C=O) groups excluding carboxylic acids is 3. The van der Waals surface area contributed by atoms with Gasteiger partial charge in [-0.3, -0.25) is 19.8 Å². The third-order valence-electron chi connectivity index (χ3n) is 5.66. The van der Waals surface area contributed by atoms with Crippen LogP contribution in [0.4, 0.5) is 5.69 Å². The lowest BCUT2D eigenvalue weighted by molar-refractivity contribution is -0.122. The number of halogens is 2. The van der Waals surface area contributed by atoms with E-state index in [-0.39, 0.29) is 33.0 Å². The molecule has 3 aromatic rings. The Morgan fingerprint density at radius 2 is 1.83 bits per heavy atom. The summed E-state index contributed by atoms with van der Waals surface area (Å²) in [6.45, 7) is 5.78. The van der Waals surface area contributed by atoms with Gasteiger partial charge >= 0.3 is 5.97 Å². The van der Waals surface area contributed by atoms with Crippen molar-refractivity contribution in [2.75, 3.05) is 11.5 Å². The summed E-state index contributed by atoms with van der Waals surface area (Å²) in [7, 11) is 0. The first-order valence-electron chi connectivity index (χ1n) is 11.0. The normalized spacial score (nSPS) is 14.9. The minimum Gasteiger partial charge on any atom is -0.462 e. The molecular formula is C26H21Cl2N3O4S.